The smallest absolute Gasteiger partial charge is 0.413 e. The molecule has 0 fully saturated rings. The van der Waals surface area contributed by atoms with Crippen LogP contribution >= 0.6 is 0 Å². The summed E-state index contributed by atoms with van der Waals surface area (Å²) in [6, 6.07) is 8.91. The lowest BCUT2D eigenvalue weighted by molar-refractivity contribution is 0.167. The molecule has 3 rings (SSSR count). The Hall–Kier alpha value is -3.29. The van der Waals surface area contributed by atoms with Crippen LogP contribution < -0.4 is 14.8 Å². The Morgan fingerprint density at radius 2 is 1.96 bits per heavy atom. The number of H-pyrrole nitrogens is 1. The van der Waals surface area contributed by atoms with Crippen molar-refractivity contribution in [2.45, 2.75) is 6.92 Å². The van der Waals surface area contributed by atoms with Gasteiger partial charge in [0.25, 0.3) is 0 Å². The van der Waals surface area contributed by atoms with Crippen LogP contribution in [0.2, 0.25) is 0 Å². The van der Waals surface area contributed by atoms with Gasteiger partial charge in [0.05, 0.1) is 19.9 Å². The Kier molecular flexibility index (Phi) is 4.46. The number of benzene rings is 1. The highest BCUT2D eigenvalue weighted by Gasteiger charge is 2.09. The van der Waals surface area contributed by atoms with Crippen molar-refractivity contribution >= 4 is 23.2 Å². The number of nitrogens with zero attached hydrogens (tertiary/aromatic N) is 2. The molecule has 0 saturated carbocycles. The third-order valence-corrected chi connectivity index (χ3v) is 3.10. The van der Waals surface area contributed by atoms with Crippen molar-refractivity contribution in [3.8, 4) is 17.2 Å². The number of amides is 1. The Labute approximate surface area is 137 Å². The van der Waals surface area contributed by atoms with E-state index >= 15 is 0 Å². The first-order chi connectivity index (χ1) is 11.7. The topological polar surface area (TPSA) is 98.4 Å². The molecule has 124 valence electrons. The molecule has 0 aliphatic rings. The van der Waals surface area contributed by atoms with Crippen LogP contribution in [0.3, 0.4) is 0 Å². The summed E-state index contributed by atoms with van der Waals surface area (Å²) in [5.74, 6) is 2.19. The van der Waals surface area contributed by atoms with Gasteiger partial charge < -0.3 is 19.2 Å². The van der Waals surface area contributed by atoms with Crippen LogP contribution in [-0.2, 0) is 4.74 Å². The maximum atomic E-state index is 11.4. The van der Waals surface area contributed by atoms with Crippen molar-refractivity contribution in [2.75, 3.05) is 19.0 Å². The number of ether oxygens (including phenoxy) is 3. The van der Waals surface area contributed by atoms with Gasteiger partial charge in [0, 0.05) is 6.07 Å². The van der Waals surface area contributed by atoms with Gasteiger partial charge >= 0.3 is 6.09 Å². The third-order valence-electron chi connectivity index (χ3n) is 3.10. The number of nitrogens with one attached hydrogen (secondary N) is 2. The third kappa shape index (κ3) is 3.54. The molecule has 0 bridgehead atoms. The largest absolute Gasteiger partial charge is 0.497 e. The molecule has 3 aromatic rings. The quantitative estimate of drug-likeness (QED) is 0.745. The summed E-state index contributed by atoms with van der Waals surface area (Å²) >= 11 is 0. The van der Waals surface area contributed by atoms with E-state index in [0.717, 1.165) is 5.75 Å². The lowest BCUT2D eigenvalue weighted by atomic mass is 10.3. The lowest BCUT2D eigenvalue weighted by Crippen LogP contribution is -2.14. The van der Waals surface area contributed by atoms with E-state index in [2.05, 4.69) is 20.3 Å². The van der Waals surface area contributed by atoms with Crippen molar-refractivity contribution in [2.24, 2.45) is 0 Å². The maximum Gasteiger partial charge on any atom is 0.413 e. The number of anilines is 1. The SMILES string of the molecule is CCOC(=O)Nc1nc2cc(Oc3ccc(OC)cc3)cnc2[nH]1. The van der Waals surface area contributed by atoms with Crippen molar-refractivity contribution in [3.63, 3.8) is 0 Å². The average molecular weight is 328 g/mol. The molecule has 0 atom stereocenters. The minimum Gasteiger partial charge on any atom is -0.497 e. The van der Waals surface area contributed by atoms with E-state index in [0.29, 0.717) is 22.7 Å². The van der Waals surface area contributed by atoms with Crippen LogP contribution in [0.5, 0.6) is 17.2 Å². The number of hydrogen-bond acceptors (Lipinski definition) is 6. The normalized spacial score (nSPS) is 10.4. The first-order valence-corrected chi connectivity index (χ1v) is 7.29. The van der Waals surface area contributed by atoms with Crippen LogP contribution in [0.1, 0.15) is 6.92 Å². The molecule has 1 aromatic carbocycles. The summed E-state index contributed by atoms with van der Waals surface area (Å²) in [6.45, 7) is 2.01. The van der Waals surface area contributed by atoms with E-state index < -0.39 is 6.09 Å². The van der Waals surface area contributed by atoms with Crippen molar-refractivity contribution < 1.29 is 19.0 Å². The monoisotopic (exact) mass is 328 g/mol. The number of rotatable bonds is 5. The number of carbonyl (C=O) groups excluding carboxylic acids is 1. The minimum atomic E-state index is -0.578. The van der Waals surface area contributed by atoms with Gasteiger partial charge in [-0.05, 0) is 31.2 Å². The first kappa shape index (κ1) is 15.6. The number of hydrogen-bond donors (Lipinski definition) is 2. The van der Waals surface area contributed by atoms with Crippen LogP contribution in [0.25, 0.3) is 11.2 Å². The summed E-state index contributed by atoms with van der Waals surface area (Å²) in [5, 5.41) is 2.49. The maximum absolute atomic E-state index is 11.4. The second-order valence-electron chi connectivity index (χ2n) is 4.75. The fraction of sp³-hybridized carbons (Fsp3) is 0.188. The molecule has 8 nitrogen and oxygen atoms in total. The zero-order valence-corrected chi connectivity index (χ0v) is 13.2. The van der Waals surface area contributed by atoms with Crippen molar-refractivity contribution in [1.82, 2.24) is 15.0 Å². The molecule has 0 radical (unpaired) electrons. The second-order valence-corrected chi connectivity index (χ2v) is 4.75. The van der Waals surface area contributed by atoms with Gasteiger partial charge in [-0.2, -0.15) is 0 Å². The number of methoxy groups -OCH3 is 1. The molecule has 2 aromatic heterocycles. The molecule has 0 aliphatic heterocycles. The molecule has 0 aliphatic carbocycles. The Morgan fingerprint density at radius 3 is 2.67 bits per heavy atom. The van der Waals surface area contributed by atoms with Gasteiger partial charge in [0.15, 0.2) is 5.65 Å². The van der Waals surface area contributed by atoms with Gasteiger partial charge in [0.1, 0.15) is 22.8 Å². The predicted molar refractivity (Wildman–Crippen MR) is 87.6 cm³/mol. The highest BCUT2D eigenvalue weighted by atomic mass is 16.5. The molecular weight excluding hydrogens is 312 g/mol. The fourth-order valence-corrected chi connectivity index (χ4v) is 2.04. The van der Waals surface area contributed by atoms with E-state index in [1.165, 1.54) is 0 Å². The summed E-state index contributed by atoms with van der Waals surface area (Å²) < 4.78 is 15.6. The lowest BCUT2D eigenvalue weighted by Gasteiger charge is -2.05. The number of pyridine rings is 1. The predicted octanol–water partition coefficient (Wildman–Crippen LogP) is 3.33. The van der Waals surface area contributed by atoms with Gasteiger partial charge in [-0.1, -0.05) is 0 Å². The van der Waals surface area contributed by atoms with E-state index in [-0.39, 0.29) is 12.6 Å². The summed E-state index contributed by atoms with van der Waals surface area (Å²) in [7, 11) is 1.60. The van der Waals surface area contributed by atoms with E-state index in [1.807, 2.05) is 0 Å². The number of imidazole rings is 1. The molecule has 24 heavy (non-hydrogen) atoms. The summed E-state index contributed by atoms with van der Waals surface area (Å²) in [4.78, 5) is 22.7. The van der Waals surface area contributed by atoms with Crippen LogP contribution in [0, 0.1) is 0 Å². The number of aromatic amines is 1. The van der Waals surface area contributed by atoms with Crippen LogP contribution in [0.4, 0.5) is 10.7 Å². The van der Waals surface area contributed by atoms with E-state index in [4.69, 9.17) is 14.2 Å². The molecule has 0 unspecified atom stereocenters. The molecule has 1 amide bonds. The van der Waals surface area contributed by atoms with Gasteiger partial charge in [-0.3, -0.25) is 5.32 Å². The zero-order chi connectivity index (χ0) is 16.9. The molecule has 0 saturated heterocycles. The molecule has 8 heteroatoms. The minimum absolute atomic E-state index is 0.262. The number of fused-ring (bicyclic) bond motifs is 1. The molecule has 0 spiro atoms. The number of carbonyl (C=O) groups is 1. The van der Waals surface area contributed by atoms with Crippen molar-refractivity contribution in [3.05, 3.63) is 36.5 Å². The molecule has 2 heterocycles. The number of aromatic nitrogens is 3. The highest BCUT2D eigenvalue weighted by molar-refractivity contribution is 5.85. The zero-order valence-electron chi connectivity index (χ0n) is 13.2. The molecule has 2 N–H and O–H groups in total. The highest BCUT2D eigenvalue weighted by Crippen LogP contribution is 2.25. The fourth-order valence-electron chi connectivity index (χ4n) is 2.04. The van der Waals surface area contributed by atoms with Gasteiger partial charge in [-0.25, -0.2) is 14.8 Å². The van der Waals surface area contributed by atoms with Gasteiger partial charge in [0.2, 0.25) is 5.95 Å². The standard InChI is InChI=1S/C16H16N4O4/c1-3-23-16(21)20-15-18-13-8-12(9-17-14(13)19-15)24-11-6-4-10(22-2)5-7-11/h4-9H,3H2,1-2H3,(H2,17,18,19,20,21). The van der Waals surface area contributed by atoms with Gasteiger partial charge in [-0.15, -0.1) is 0 Å². The Morgan fingerprint density at radius 1 is 1.21 bits per heavy atom. The summed E-state index contributed by atoms with van der Waals surface area (Å²) in [6.07, 6.45) is 0.991. The Bertz CT molecular complexity index is 845. The second kappa shape index (κ2) is 6.86. The summed E-state index contributed by atoms with van der Waals surface area (Å²) in [5.41, 5.74) is 1.09. The van der Waals surface area contributed by atoms with E-state index in [1.54, 1.807) is 50.6 Å². The molecular formula is C16H16N4O4. The first-order valence-electron chi connectivity index (χ1n) is 7.29. The van der Waals surface area contributed by atoms with Crippen molar-refractivity contribution in [1.29, 1.82) is 0 Å². The van der Waals surface area contributed by atoms with Crippen LogP contribution in [0.15, 0.2) is 36.5 Å². The van der Waals surface area contributed by atoms with Crippen LogP contribution in [-0.4, -0.2) is 34.8 Å². The Balaban J connectivity index is 1.76. The average Bonchev–Trinajstić information content (AvgIpc) is 2.97. The van der Waals surface area contributed by atoms with E-state index in [9.17, 15) is 4.79 Å².